The van der Waals surface area contributed by atoms with E-state index >= 15 is 0 Å². The van der Waals surface area contributed by atoms with Gasteiger partial charge in [0.25, 0.3) is 5.91 Å². The number of likely N-dealkylation sites (tertiary alicyclic amines) is 1. The van der Waals surface area contributed by atoms with E-state index in [0.29, 0.717) is 12.1 Å². The summed E-state index contributed by atoms with van der Waals surface area (Å²) in [5.74, 6) is 0.125. The Bertz CT molecular complexity index is 1030. The summed E-state index contributed by atoms with van der Waals surface area (Å²) < 4.78 is 4.22. The first-order valence-corrected chi connectivity index (χ1v) is 10.7. The van der Waals surface area contributed by atoms with Crippen molar-refractivity contribution in [2.75, 3.05) is 27.2 Å². The van der Waals surface area contributed by atoms with Crippen LogP contribution in [0.5, 0.6) is 0 Å². The summed E-state index contributed by atoms with van der Waals surface area (Å²) in [5.41, 5.74) is 3.65. The van der Waals surface area contributed by atoms with Crippen molar-refractivity contribution in [3.8, 4) is 11.4 Å². The van der Waals surface area contributed by atoms with Crippen molar-refractivity contribution in [3.05, 3.63) is 48.3 Å². The minimum Gasteiger partial charge on any atom is -0.337 e. The minimum absolute atomic E-state index is 0.125. The zero-order valence-electron chi connectivity index (χ0n) is 17.3. The first kappa shape index (κ1) is 18.4. The fourth-order valence-corrected chi connectivity index (χ4v) is 4.89. The number of hydrogen-bond acceptors (Lipinski definition) is 3. The van der Waals surface area contributed by atoms with E-state index in [4.69, 9.17) is 5.10 Å². The van der Waals surface area contributed by atoms with Gasteiger partial charge in [0.1, 0.15) is 5.69 Å². The van der Waals surface area contributed by atoms with E-state index in [1.807, 2.05) is 35.4 Å². The van der Waals surface area contributed by atoms with Crippen LogP contribution < -0.4 is 0 Å². The smallest absolute Gasteiger partial charge is 0.256 e. The van der Waals surface area contributed by atoms with Crippen LogP contribution in [0.3, 0.4) is 0 Å². The molecule has 2 aliphatic rings. The van der Waals surface area contributed by atoms with Gasteiger partial charge >= 0.3 is 0 Å². The van der Waals surface area contributed by atoms with Crippen LogP contribution in [-0.2, 0) is 0 Å². The second kappa shape index (κ2) is 7.34. The third-order valence-corrected chi connectivity index (χ3v) is 6.66. The second-order valence-corrected chi connectivity index (χ2v) is 8.68. The van der Waals surface area contributed by atoms with E-state index in [-0.39, 0.29) is 5.91 Å². The van der Waals surface area contributed by atoms with Gasteiger partial charge in [0.15, 0.2) is 0 Å². The van der Waals surface area contributed by atoms with Crippen LogP contribution >= 0.6 is 0 Å². The Kier molecular flexibility index (Phi) is 4.66. The van der Waals surface area contributed by atoms with Crippen molar-refractivity contribution in [2.45, 2.75) is 44.2 Å². The van der Waals surface area contributed by atoms with E-state index in [2.05, 4.69) is 40.3 Å². The number of hydrogen-bond donors (Lipinski definition) is 0. The number of carbonyl (C=O) groups excluding carboxylic acids is 1. The Morgan fingerprint density at radius 2 is 1.93 bits per heavy atom. The van der Waals surface area contributed by atoms with Gasteiger partial charge in [-0.15, -0.1) is 0 Å². The molecule has 0 radical (unpaired) electrons. The summed E-state index contributed by atoms with van der Waals surface area (Å²) in [7, 11) is 4.18. The molecule has 0 aromatic carbocycles. The lowest BCUT2D eigenvalue weighted by Gasteiger charge is -2.20. The summed E-state index contributed by atoms with van der Waals surface area (Å²) in [4.78, 5) is 17.6. The molecule has 3 aromatic rings. The molecule has 1 amide bonds. The van der Waals surface area contributed by atoms with Crippen molar-refractivity contribution in [2.24, 2.45) is 0 Å². The maximum absolute atomic E-state index is 13.4. The molecule has 1 saturated heterocycles. The molecule has 1 saturated carbocycles. The van der Waals surface area contributed by atoms with Gasteiger partial charge in [0, 0.05) is 31.5 Å². The number of fused-ring (bicyclic) bond motifs is 1. The number of rotatable bonds is 4. The number of carbonyl (C=O) groups is 1. The van der Waals surface area contributed by atoms with Crippen LogP contribution in [0.2, 0.25) is 0 Å². The largest absolute Gasteiger partial charge is 0.337 e. The van der Waals surface area contributed by atoms with Gasteiger partial charge in [-0.05, 0) is 57.6 Å². The van der Waals surface area contributed by atoms with Gasteiger partial charge in [-0.3, -0.25) is 9.48 Å². The number of nitrogens with zero attached hydrogens (tertiary/aromatic N) is 5. The minimum atomic E-state index is 0.125. The Morgan fingerprint density at radius 1 is 1.10 bits per heavy atom. The van der Waals surface area contributed by atoms with Crippen molar-refractivity contribution in [1.29, 1.82) is 0 Å². The third-order valence-electron chi connectivity index (χ3n) is 6.66. The summed E-state index contributed by atoms with van der Waals surface area (Å²) in [6.07, 6.45) is 10.2. The Morgan fingerprint density at radius 3 is 2.69 bits per heavy atom. The van der Waals surface area contributed by atoms with E-state index in [1.165, 1.54) is 25.7 Å². The summed E-state index contributed by atoms with van der Waals surface area (Å²) in [6.45, 7) is 1.61. The molecule has 1 aliphatic heterocycles. The van der Waals surface area contributed by atoms with Crippen molar-refractivity contribution >= 4 is 11.4 Å². The van der Waals surface area contributed by atoms with Crippen LogP contribution in [0.4, 0.5) is 0 Å². The van der Waals surface area contributed by atoms with Crippen LogP contribution in [0.15, 0.2) is 42.7 Å². The van der Waals surface area contributed by atoms with Crippen LogP contribution in [-0.4, -0.2) is 63.1 Å². The van der Waals surface area contributed by atoms with E-state index in [1.54, 1.807) is 0 Å². The highest BCUT2D eigenvalue weighted by Crippen LogP contribution is 2.31. The van der Waals surface area contributed by atoms with Crippen molar-refractivity contribution < 1.29 is 4.79 Å². The molecular formula is C23H29N5O. The van der Waals surface area contributed by atoms with Crippen LogP contribution in [0.1, 0.15) is 48.5 Å². The molecule has 29 heavy (non-hydrogen) atoms. The van der Waals surface area contributed by atoms with E-state index < -0.39 is 0 Å². The predicted octanol–water partition coefficient (Wildman–Crippen LogP) is 3.69. The molecule has 6 heteroatoms. The second-order valence-electron chi connectivity index (χ2n) is 8.68. The zero-order valence-corrected chi connectivity index (χ0v) is 17.3. The number of pyridine rings is 1. The molecular weight excluding hydrogens is 362 g/mol. The van der Waals surface area contributed by atoms with Gasteiger partial charge in [-0.25, -0.2) is 0 Å². The van der Waals surface area contributed by atoms with E-state index in [0.717, 1.165) is 42.0 Å². The molecule has 0 spiro atoms. The third kappa shape index (κ3) is 3.25. The summed E-state index contributed by atoms with van der Waals surface area (Å²) >= 11 is 0. The first-order chi connectivity index (χ1) is 14.1. The number of aromatic nitrogens is 3. The first-order valence-electron chi connectivity index (χ1n) is 10.7. The molecule has 3 aromatic heterocycles. The molecule has 4 heterocycles. The monoisotopic (exact) mass is 391 g/mol. The number of likely N-dealkylation sites (N-methyl/N-ethyl adjacent to an activating group) is 1. The van der Waals surface area contributed by atoms with Crippen molar-refractivity contribution in [3.63, 3.8) is 0 Å². The Balaban J connectivity index is 1.49. The maximum Gasteiger partial charge on any atom is 0.256 e. The molecule has 0 unspecified atom stereocenters. The molecule has 152 valence electrons. The Hall–Kier alpha value is -2.60. The lowest BCUT2D eigenvalue weighted by Crippen LogP contribution is -2.34. The van der Waals surface area contributed by atoms with Gasteiger partial charge in [0.2, 0.25) is 0 Å². The standard InChI is InChI=1S/C23H29N5O/c1-25(2)18-10-13-26(16-18)23(29)19-15-22(27-12-6-5-9-21(19)27)20-11-14-28(24-20)17-7-3-4-8-17/h5-6,9,11-12,14-15,17-18H,3-4,7-8,10,13,16H2,1-2H3/t18-/m0/s1. The fraction of sp³-hybridized carbons (Fsp3) is 0.478. The zero-order chi connectivity index (χ0) is 20.0. The lowest BCUT2D eigenvalue weighted by atomic mass is 10.2. The average Bonchev–Trinajstić information content (AvgIpc) is 3.53. The highest BCUT2D eigenvalue weighted by atomic mass is 16.2. The molecule has 5 rings (SSSR count). The van der Waals surface area contributed by atoms with Gasteiger partial charge in [0.05, 0.1) is 22.8 Å². The molecule has 1 atom stereocenters. The van der Waals surface area contributed by atoms with Gasteiger partial charge < -0.3 is 14.2 Å². The fourth-order valence-electron chi connectivity index (χ4n) is 4.89. The molecule has 1 aliphatic carbocycles. The van der Waals surface area contributed by atoms with Crippen LogP contribution in [0, 0.1) is 0 Å². The van der Waals surface area contributed by atoms with Gasteiger partial charge in [-0.1, -0.05) is 18.9 Å². The average molecular weight is 392 g/mol. The highest BCUT2D eigenvalue weighted by Gasteiger charge is 2.30. The summed E-state index contributed by atoms with van der Waals surface area (Å²) in [6, 6.07) is 11.1. The Labute approximate surface area is 171 Å². The van der Waals surface area contributed by atoms with Crippen LogP contribution in [0.25, 0.3) is 16.9 Å². The van der Waals surface area contributed by atoms with Crippen molar-refractivity contribution in [1.82, 2.24) is 24.0 Å². The number of amides is 1. The topological polar surface area (TPSA) is 45.8 Å². The molecule has 6 nitrogen and oxygen atoms in total. The predicted molar refractivity (Wildman–Crippen MR) is 114 cm³/mol. The quantitative estimate of drug-likeness (QED) is 0.681. The maximum atomic E-state index is 13.4. The lowest BCUT2D eigenvalue weighted by molar-refractivity contribution is 0.0785. The molecule has 0 bridgehead atoms. The SMILES string of the molecule is CN(C)[C@H]1CCN(C(=O)c2cc(-c3ccn(C4CCCC4)n3)n3ccccc23)C1. The van der Waals surface area contributed by atoms with E-state index in [9.17, 15) is 4.79 Å². The van der Waals surface area contributed by atoms with Gasteiger partial charge in [-0.2, -0.15) is 5.10 Å². The molecule has 0 N–H and O–H groups in total. The summed E-state index contributed by atoms with van der Waals surface area (Å²) in [5, 5.41) is 4.88. The molecule has 2 fully saturated rings. The highest BCUT2D eigenvalue weighted by molar-refractivity contribution is 6.03. The normalized spacial score (nSPS) is 20.4.